The molecule has 0 aliphatic heterocycles. The van der Waals surface area contributed by atoms with E-state index in [1.54, 1.807) is 6.92 Å². The number of H-pyrrole nitrogens is 2. The standard InChI is InChI=1S/C11H9FN2O3/c1-5-4-6(2-3-7(5)12)8-9(11(16)17)13-14-10(8)15/h2-4H,1H3,(H,16,17)(H2,13,14,15). The maximum Gasteiger partial charge on any atom is 0.354 e. The first-order valence-electron chi connectivity index (χ1n) is 4.81. The molecule has 1 heterocycles. The lowest BCUT2D eigenvalue weighted by Gasteiger charge is -2.01. The lowest BCUT2D eigenvalue weighted by Crippen LogP contribution is -2.05. The molecule has 2 aromatic rings. The van der Waals surface area contributed by atoms with E-state index in [0.717, 1.165) is 0 Å². The Bertz CT molecular complexity index is 642. The third-order valence-electron chi connectivity index (χ3n) is 2.44. The van der Waals surface area contributed by atoms with Gasteiger partial charge in [-0.1, -0.05) is 6.07 Å². The number of hydrogen-bond acceptors (Lipinski definition) is 2. The Morgan fingerprint density at radius 3 is 2.65 bits per heavy atom. The van der Waals surface area contributed by atoms with Crippen LogP contribution in [0.5, 0.6) is 0 Å². The number of aromatic amines is 2. The Labute approximate surface area is 94.9 Å². The summed E-state index contributed by atoms with van der Waals surface area (Å²) in [6.45, 7) is 1.54. The third-order valence-corrected chi connectivity index (χ3v) is 2.44. The molecule has 0 spiro atoms. The van der Waals surface area contributed by atoms with Gasteiger partial charge in [0, 0.05) is 0 Å². The molecule has 2 rings (SSSR count). The minimum absolute atomic E-state index is 0.000556. The summed E-state index contributed by atoms with van der Waals surface area (Å²) in [5.41, 5.74) is -0.0711. The average molecular weight is 236 g/mol. The average Bonchev–Trinajstić information content (AvgIpc) is 2.64. The number of aromatic carboxylic acids is 1. The van der Waals surface area contributed by atoms with E-state index < -0.39 is 17.3 Å². The van der Waals surface area contributed by atoms with E-state index in [-0.39, 0.29) is 11.3 Å². The van der Waals surface area contributed by atoms with E-state index in [0.29, 0.717) is 11.1 Å². The number of carboxylic acids is 1. The Balaban J connectivity index is 2.68. The Morgan fingerprint density at radius 1 is 1.35 bits per heavy atom. The van der Waals surface area contributed by atoms with Gasteiger partial charge in [0.05, 0.1) is 5.56 Å². The van der Waals surface area contributed by atoms with Gasteiger partial charge in [-0.15, -0.1) is 0 Å². The second-order valence-corrected chi connectivity index (χ2v) is 3.60. The minimum Gasteiger partial charge on any atom is -0.477 e. The fourth-order valence-corrected chi connectivity index (χ4v) is 1.59. The van der Waals surface area contributed by atoms with Crippen LogP contribution in [0.1, 0.15) is 16.1 Å². The molecule has 0 saturated heterocycles. The smallest absolute Gasteiger partial charge is 0.354 e. The predicted molar refractivity (Wildman–Crippen MR) is 58.5 cm³/mol. The molecule has 0 aliphatic carbocycles. The fourth-order valence-electron chi connectivity index (χ4n) is 1.59. The molecule has 1 aromatic heterocycles. The Morgan fingerprint density at radius 2 is 2.06 bits per heavy atom. The van der Waals surface area contributed by atoms with Crippen LogP contribution in [-0.2, 0) is 0 Å². The number of rotatable bonds is 2. The molecule has 0 unspecified atom stereocenters. The number of aromatic nitrogens is 2. The zero-order valence-corrected chi connectivity index (χ0v) is 8.87. The van der Waals surface area contributed by atoms with Gasteiger partial charge in [0.25, 0.3) is 5.56 Å². The van der Waals surface area contributed by atoms with Crippen LogP contribution in [-0.4, -0.2) is 21.3 Å². The van der Waals surface area contributed by atoms with Gasteiger partial charge in [-0.25, -0.2) is 9.18 Å². The summed E-state index contributed by atoms with van der Waals surface area (Å²) in [6, 6.07) is 4.00. The number of benzene rings is 1. The van der Waals surface area contributed by atoms with Crippen LogP contribution in [0, 0.1) is 12.7 Å². The van der Waals surface area contributed by atoms with Crippen LogP contribution < -0.4 is 5.56 Å². The monoisotopic (exact) mass is 236 g/mol. The minimum atomic E-state index is -1.25. The second kappa shape index (κ2) is 3.89. The van der Waals surface area contributed by atoms with Gasteiger partial charge in [-0.2, -0.15) is 0 Å². The number of halogens is 1. The fraction of sp³-hybridized carbons (Fsp3) is 0.0909. The first-order valence-corrected chi connectivity index (χ1v) is 4.81. The van der Waals surface area contributed by atoms with E-state index in [2.05, 4.69) is 10.2 Å². The predicted octanol–water partition coefficient (Wildman–Crippen LogP) is 1.52. The zero-order chi connectivity index (χ0) is 12.6. The van der Waals surface area contributed by atoms with Crippen LogP contribution >= 0.6 is 0 Å². The molecule has 6 heteroatoms. The van der Waals surface area contributed by atoms with Crippen molar-refractivity contribution in [2.75, 3.05) is 0 Å². The SMILES string of the molecule is Cc1cc(-c2c(C(=O)O)[nH][nH]c2=O)ccc1F. The van der Waals surface area contributed by atoms with Crippen molar-refractivity contribution in [3.63, 3.8) is 0 Å². The summed E-state index contributed by atoms with van der Waals surface area (Å²) in [4.78, 5) is 22.4. The van der Waals surface area contributed by atoms with Crippen molar-refractivity contribution in [3.8, 4) is 11.1 Å². The summed E-state index contributed by atoms with van der Waals surface area (Å²) in [6.07, 6.45) is 0. The summed E-state index contributed by atoms with van der Waals surface area (Å²) < 4.78 is 13.1. The summed E-state index contributed by atoms with van der Waals surface area (Å²) >= 11 is 0. The summed E-state index contributed by atoms with van der Waals surface area (Å²) in [7, 11) is 0. The van der Waals surface area contributed by atoms with Gasteiger partial charge in [0.2, 0.25) is 0 Å². The molecule has 0 atom stereocenters. The molecule has 0 fully saturated rings. The highest BCUT2D eigenvalue weighted by Gasteiger charge is 2.18. The molecule has 0 aliphatic rings. The van der Waals surface area contributed by atoms with Crippen molar-refractivity contribution in [1.82, 2.24) is 10.2 Å². The lowest BCUT2D eigenvalue weighted by atomic mass is 10.0. The van der Waals surface area contributed by atoms with E-state index in [4.69, 9.17) is 5.11 Å². The van der Waals surface area contributed by atoms with Crippen molar-refractivity contribution < 1.29 is 14.3 Å². The summed E-state index contributed by atoms with van der Waals surface area (Å²) in [5, 5.41) is 13.4. The van der Waals surface area contributed by atoms with Crippen molar-refractivity contribution in [2.45, 2.75) is 6.92 Å². The Kier molecular flexibility index (Phi) is 2.55. The highest BCUT2D eigenvalue weighted by Crippen LogP contribution is 2.21. The molecular weight excluding hydrogens is 227 g/mol. The van der Waals surface area contributed by atoms with E-state index in [9.17, 15) is 14.0 Å². The number of aryl methyl sites for hydroxylation is 1. The topological polar surface area (TPSA) is 85.9 Å². The van der Waals surface area contributed by atoms with E-state index in [1.165, 1.54) is 18.2 Å². The van der Waals surface area contributed by atoms with E-state index in [1.807, 2.05) is 0 Å². The maximum atomic E-state index is 13.1. The van der Waals surface area contributed by atoms with E-state index >= 15 is 0 Å². The van der Waals surface area contributed by atoms with Crippen molar-refractivity contribution in [2.24, 2.45) is 0 Å². The highest BCUT2D eigenvalue weighted by atomic mass is 19.1. The normalized spacial score (nSPS) is 10.5. The first kappa shape index (κ1) is 11.1. The van der Waals surface area contributed by atoms with Crippen molar-refractivity contribution in [1.29, 1.82) is 0 Å². The van der Waals surface area contributed by atoms with Gasteiger partial charge < -0.3 is 5.11 Å². The van der Waals surface area contributed by atoms with Gasteiger partial charge in [0.1, 0.15) is 5.82 Å². The van der Waals surface area contributed by atoms with Crippen LogP contribution in [0.25, 0.3) is 11.1 Å². The number of carboxylic acid groups (broad SMARTS) is 1. The second-order valence-electron chi connectivity index (χ2n) is 3.60. The molecule has 5 nitrogen and oxygen atoms in total. The zero-order valence-electron chi connectivity index (χ0n) is 8.87. The number of carbonyl (C=O) groups is 1. The van der Waals surface area contributed by atoms with Crippen molar-refractivity contribution in [3.05, 3.63) is 45.6 Å². The van der Waals surface area contributed by atoms with Gasteiger partial charge in [-0.05, 0) is 30.2 Å². The third kappa shape index (κ3) is 1.84. The molecule has 0 bridgehead atoms. The largest absolute Gasteiger partial charge is 0.477 e. The molecule has 0 radical (unpaired) electrons. The molecule has 0 amide bonds. The number of hydrogen-bond donors (Lipinski definition) is 3. The molecule has 1 aromatic carbocycles. The lowest BCUT2D eigenvalue weighted by molar-refractivity contribution is 0.0691. The van der Waals surface area contributed by atoms with Gasteiger partial charge >= 0.3 is 5.97 Å². The van der Waals surface area contributed by atoms with Crippen LogP contribution in [0.15, 0.2) is 23.0 Å². The molecule has 0 saturated carbocycles. The molecular formula is C11H9FN2O3. The number of nitrogens with one attached hydrogen (secondary N) is 2. The summed E-state index contributed by atoms with van der Waals surface area (Å²) in [5.74, 6) is -1.65. The quantitative estimate of drug-likeness (QED) is 0.738. The van der Waals surface area contributed by atoms with Crippen LogP contribution in [0.3, 0.4) is 0 Å². The highest BCUT2D eigenvalue weighted by molar-refractivity contribution is 5.93. The maximum absolute atomic E-state index is 13.1. The van der Waals surface area contributed by atoms with Gasteiger partial charge in [0.15, 0.2) is 5.69 Å². The van der Waals surface area contributed by atoms with Crippen LogP contribution in [0.4, 0.5) is 4.39 Å². The Hall–Kier alpha value is -2.37. The first-order chi connectivity index (χ1) is 8.00. The molecule has 88 valence electrons. The van der Waals surface area contributed by atoms with Crippen molar-refractivity contribution >= 4 is 5.97 Å². The molecule has 17 heavy (non-hydrogen) atoms. The van der Waals surface area contributed by atoms with Gasteiger partial charge in [-0.3, -0.25) is 15.0 Å². The van der Waals surface area contributed by atoms with Crippen LogP contribution in [0.2, 0.25) is 0 Å². The molecule has 3 N–H and O–H groups in total.